The van der Waals surface area contributed by atoms with Gasteiger partial charge in [0, 0.05) is 29.4 Å². The minimum atomic E-state index is -0.0184. The van der Waals surface area contributed by atoms with Crippen molar-refractivity contribution < 1.29 is 5.11 Å². The molecule has 4 nitrogen and oxygen atoms in total. The molecule has 0 aliphatic rings. The summed E-state index contributed by atoms with van der Waals surface area (Å²) in [6, 6.07) is 28.7. The third-order valence-electron chi connectivity index (χ3n) is 6.03. The normalized spacial score (nSPS) is 10.8. The minimum Gasteiger partial charge on any atom is -0.493 e. The summed E-state index contributed by atoms with van der Waals surface area (Å²) < 4.78 is 0. The highest BCUT2D eigenvalue weighted by molar-refractivity contribution is 6.00. The van der Waals surface area contributed by atoms with Crippen LogP contribution in [0.2, 0.25) is 0 Å². The Morgan fingerprint density at radius 1 is 0.765 bits per heavy atom. The minimum absolute atomic E-state index is 0. The molecule has 0 fully saturated rings. The monoisotopic (exact) mass is 467 g/mol. The maximum atomic E-state index is 10.7. The molecule has 5 rings (SSSR count). The van der Waals surface area contributed by atoms with Crippen molar-refractivity contribution >= 4 is 23.3 Å². The van der Waals surface area contributed by atoms with Crippen molar-refractivity contribution in [2.24, 2.45) is 5.73 Å². The molecule has 2 heterocycles. The Morgan fingerprint density at radius 2 is 1.50 bits per heavy atom. The number of pyridine rings is 2. The van der Waals surface area contributed by atoms with E-state index in [2.05, 4.69) is 60.4 Å². The van der Waals surface area contributed by atoms with Crippen LogP contribution in [0.1, 0.15) is 18.1 Å². The van der Waals surface area contributed by atoms with E-state index in [0.717, 1.165) is 51.0 Å². The first-order valence-electron chi connectivity index (χ1n) is 11.1. The highest BCUT2D eigenvalue weighted by Crippen LogP contribution is 2.39. The SMILES string of the molecule is CCc1cccc(-c2cnc(O)c3cc(-c4ccccc4)c(-c4ccc(CN)cc4)nc23)c1.Cl. The van der Waals surface area contributed by atoms with Crippen LogP contribution in [0.15, 0.2) is 91.1 Å². The molecule has 5 aromatic rings. The highest BCUT2D eigenvalue weighted by atomic mass is 35.5. The van der Waals surface area contributed by atoms with Gasteiger partial charge in [-0.25, -0.2) is 9.97 Å². The van der Waals surface area contributed by atoms with Crippen LogP contribution in [0.25, 0.3) is 44.4 Å². The Kier molecular flexibility index (Phi) is 6.92. The number of aromatic hydroxyl groups is 1. The average molecular weight is 468 g/mol. The average Bonchev–Trinajstić information content (AvgIpc) is 2.89. The van der Waals surface area contributed by atoms with Gasteiger partial charge in [0.2, 0.25) is 5.88 Å². The Hall–Kier alpha value is -3.73. The molecule has 0 aliphatic heterocycles. The summed E-state index contributed by atoms with van der Waals surface area (Å²) in [6.45, 7) is 2.63. The summed E-state index contributed by atoms with van der Waals surface area (Å²) in [4.78, 5) is 9.44. The summed E-state index contributed by atoms with van der Waals surface area (Å²) in [5, 5.41) is 11.3. The predicted molar refractivity (Wildman–Crippen MR) is 142 cm³/mol. The van der Waals surface area contributed by atoms with Gasteiger partial charge in [0.15, 0.2) is 0 Å². The van der Waals surface area contributed by atoms with Crippen LogP contribution in [-0.2, 0) is 13.0 Å². The molecule has 0 saturated heterocycles. The Morgan fingerprint density at radius 3 is 2.21 bits per heavy atom. The molecule has 0 aliphatic carbocycles. The van der Waals surface area contributed by atoms with Crippen molar-refractivity contribution in [1.82, 2.24) is 9.97 Å². The van der Waals surface area contributed by atoms with E-state index in [9.17, 15) is 5.11 Å². The van der Waals surface area contributed by atoms with Gasteiger partial charge in [-0.1, -0.05) is 85.8 Å². The van der Waals surface area contributed by atoms with E-state index in [-0.39, 0.29) is 18.3 Å². The molecule has 34 heavy (non-hydrogen) atoms. The van der Waals surface area contributed by atoms with Gasteiger partial charge in [0.05, 0.1) is 16.6 Å². The van der Waals surface area contributed by atoms with Gasteiger partial charge < -0.3 is 10.8 Å². The van der Waals surface area contributed by atoms with Crippen LogP contribution >= 0.6 is 12.4 Å². The van der Waals surface area contributed by atoms with Crippen LogP contribution in [0.4, 0.5) is 0 Å². The maximum absolute atomic E-state index is 10.7. The topological polar surface area (TPSA) is 72.0 Å². The molecule has 0 spiro atoms. The molecule has 3 N–H and O–H groups in total. The molecule has 5 heteroatoms. The van der Waals surface area contributed by atoms with Crippen LogP contribution in [0, 0.1) is 0 Å². The first-order chi connectivity index (χ1) is 16.2. The Labute approximate surface area is 205 Å². The molecule has 2 aromatic heterocycles. The summed E-state index contributed by atoms with van der Waals surface area (Å²) >= 11 is 0. The highest BCUT2D eigenvalue weighted by Gasteiger charge is 2.17. The van der Waals surface area contributed by atoms with Gasteiger partial charge in [0.25, 0.3) is 0 Å². The number of aryl methyl sites for hydroxylation is 1. The summed E-state index contributed by atoms with van der Waals surface area (Å²) in [5.74, 6) is -0.0184. The van der Waals surface area contributed by atoms with Gasteiger partial charge >= 0.3 is 0 Å². The molecule has 170 valence electrons. The first kappa shape index (κ1) is 23.4. The smallest absolute Gasteiger partial charge is 0.220 e. The maximum Gasteiger partial charge on any atom is 0.220 e. The standard InChI is InChI=1S/C29H25N3O.ClH/c1-2-19-7-6-10-23(15-19)26-18-31-29(33)25-16-24(21-8-4-3-5-9-21)27(32-28(25)26)22-13-11-20(17-30)12-14-22;/h3-16,18H,2,17,30H2,1H3,(H,31,33);1H. The molecule has 0 bridgehead atoms. The van der Waals surface area contributed by atoms with Crippen LogP contribution < -0.4 is 5.73 Å². The molecule has 0 radical (unpaired) electrons. The van der Waals surface area contributed by atoms with E-state index in [1.807, 2.05) is 36.4 Å². The summed E-state index contributed by atoms with van der Waals surface area (Å²) in [6.07, 6.45) is 2.66. The van der Waals surface area contributed by atoms with Crippen LogP contribution in [0.5, 0.6) is 5.88 Å². The molecule has 0 unspecified atom stereocenters. The number of nitrogens with zero attached hydrogens (tertiary/aromatic N) is 2. The number of aromatic nitrogens is 2. The van der Waals surface area contributed by atoms with E-state index in [1.54, 1.807) is 6.20 Å². The number of hydrogen-bond donors (Lipinski definition) is 2. The molecular formula is C29H26ClN3O. The third kappa shape index (κ3) is 4.38. The van der Waals surface area contributed by atoms with Crippen molar-refractivity contribution in [3.8, 4) is 39.4 Å². The zero-order chi connectivity index (χ0) is 22.8. The summed E-state index contributed by atoms with van der Waals surface area (Å²) in [5.41, 5.74) is 14.6. The van der Waals surface area contributed by atoms with E-state index < -0.39 is 0 Å². The Bertz CT molecular complexity index is 1430. The lowest BCUT2D eigenvalue weighted by Crippen LogP contribution is -1.97. The largest absolute Gasteiger partial charge is 0.493 e. The molecular weight excluding hydrogens is 442 g/mol. The van der Waals surface area contributed by atoms with Gasteiger partial charge in [0.1, 0.15) is 0 Å². The van der Waals surface area contributed by atoms with Gasteiger partial charge in [-0.3, -0.25) is 0 Å². The van der Waals surface area contributed by atoms with Crippen molar-refractivity contribution in [3.05, 3.63) is 102 Å². The summed E-state index contributed by atoms with van der Waals surface area (Å²) in [7, 11) is 0. The second kappa shape index (κ2) is 10.0. The van der Waals surface area contributed by atoms with Crippen molar-refractivity contribution in [3.63, 3.8) is 0 Å². The number of benzene rings is 3. The first-order valence-corrected chi connectivity index (χ1v) is 11.1. The van der Waals surface area contributed by atoms with Gasteiger partial charge in [-0.2, -0.15) is 0 Å². The van der Waals surface area contributed by atoms with Gasteiger partial charge in [-0.15, -0.1) is 12.4 Å². The number of hydrogen-bond acceptors (Lipinski definition) is 4. The number of halogens is 1. The van der Waals surface area contributed by atoms with E-state index in [0.29, 0.717) is 11.9 Å². The lowest BCUT2D eigenvalue weighted by atomic mass is 9.95. The zero-order valence-corrected chi connectivity index (χ0v) is 19.7. The fourth-order valence-corrected chi connectivity index (χ4v) is 4.17. The number of nitrogens with two attached hydrogens (primary N) is 1. The molecule has 3 aromatic carbocycles. The van der Waals surface area contributed by atoms with Crippen molar-refractivity contribution in [2.75, 3.05) is 0 Å². The third-order valence-corrected chi connectivity index (χ3v) is 6.03. The zero-order valence-electron chi connectivity index (χ0n) is 18.9. The van der Waals surface area contributed by atoms with Crippen LogP contribution in [0.3, 0.4) is 0 Å². The van der Waals surface area contributed by atoms with Gasteiger partial charge in [-0.05, 0) is 34.7 Å². The molecule has 0 amide bonds. The fourth-order valence-electron chi connectivity index (χ4n) is 4.17. The van der Waals surface area contributed by atoms with Crippen molar-refractivity contribution in [2.45, 2.75) is 19.9 Å². The molecule has 0 saturated carbocycles. The second-order valence-corrected chi connectivity index (χ2v) is 8.10. The van der Waals surface area contributed by atoms with E-state index in [1.165, 1.54) is 5.56 Å². The molecule has 0 atom stereocenters. The lowest BCUT2D eigenvalue weighted by Gasteiger charge is -2.15. The second-order valence-electron chi connectivity index (χ2n) is 8.10. The quantitative estimate of drug-likeness (QED) is 0.299. The van der Waals surface area contributed by atoms with E-state index in [4.69, 9.17) is 10.7 Å². The Balaban J connectivity index is 0.00000274. The number of rotatable bonds is 5. The lowest BCUT2D eigenvalue weighted by molar-refractivity contribution is 0.460. The number of fused-ring (bicyclic) bond motifs is 1. The fraction of sp³-hybridized carbons (Fsp3) is 0.103. The van der Waals surface area contributed by atoms with Crippen LogP contribution in [-0.4, -0.2) is 15.1 Å². The van der Waals surface area contributed by atoms with Crippen molar-refractivity contribution in [1.29, 1.82) is 0 Å². The predicted octanol–water partition coefficient (Wildman–Crippen LogP) is 6.78. The van der Waals surface area contributed by atoms with E-state index >= 15 is 0 Å².